The van der Waals surface area contributed by atoms with Gasteiger partial charge in [-0.2, -0.15) is 0 Å². The van der Waals surface area contributed by atoms with E-state index < -0.39 is 0 Å². The summed E-state index contributed by atoms with van der Waals surface area (Å²) in [6, 6.07) is -0.330. The largest absolute Gasteiger partial charge is 0.381 e. The first kappa shape index (κ1) is 11.4. The summed E-state index contributed by atoms with van der Waals surface area (Å²) in [4.78, 5) is 24.9. The average Bonchev–Trinajstić information content (AvgIpc) is 2.31. The van der Waals surface area contributed by atoms with Gasteiger partial charge in [0.15, 0.2) is 0 Å². The van der Waals surface area contributed by atoms with Gasteiger partial charge in [-0.1, -0.05) is 0 Å². The number of rotatable bonds is 2. The molecule has 16 heavy (non-hydrogen) atoms. The van der Waals surface area contributed by atoms with Crippen LogP contribution in [0.2, 0.25) is 0 Å². The minimum absolute atomic E-state index is 0.0265. The standard InChI is InChI=1S/C11H18N2O3/c1-8-11(15)12-6-10(14)13(8)7-9-2-4-16-5-3-9/h8-9H,2-7H2,1H3,(H,12,15). The van der Waals surface area contributed by atoms with E-state index in [4.69, 9.17) is 4.74 Å². The molecule has 0 aromatic carbocycles. The molecule has 2 amide bonds. The number of nitrogens with zero attached hydrogens (tertiary/aromatic N) is 1. The summed E-state index contributed by atoms with van der Waals surface area (Å²) in [7, 11) is 0. The van der Waals surface area contributed by atoms with Crippen molar-refractivity contribution in [1.29, 1.82) is 0 Å². The van der Waals surface area contributed by atoms with Crippen molar-refractivity contribution in [3.63, 3.8) is 0 Å². The fourth-order valence-corrected chi connectivity index (χ4v) is 2.24. The monoisotopic (exact) mass is 226 g/mol. The number of nitrogens with one attached hydrogen (secondary N) is 1. The molecule has 5 nitrogen and oxygen atoms in total. The van der Waals surface area contributed by atoms with Crippen LogP contribution < -0.4 is 5.32 Å². The fraction of sp³-hybridized carbons (Fsp3) is 0.818. The van der Waals surface area contributed by atoms with Crippen molar-refractivity contribution in [2.75, 3.05) is 26.3 Å². The topological polar surface area (TPSA) is 58.6 Å². The maximum Gasteiger partial charge on any atom is 0.242 e. The van der Waals surface area contributed by atoms with Crippen LogP contribution in [0, 0.1) is 5.92 Å². The minimum atomic E-state index is -0.330. The van der Waals surface area contributed by atoms with E-state index in [9.17, 15) is 9.59 Å². The van der Waals surface area contributed by atoms with Crippen LogP contribution in [0.5, 0.6) is 0 Å². The number of hydrogen-bond donors (Lipinski definition) is 1. The van der Waals surface area contributed by atoms with Gasteiger partial charge in [0.1, 0.15) is 6.04 Å². The average molecular weight is 226 g/mol. The summed E-state index contributed by atoms with van der Waals surface area (Å²) >= 11 is 0. The van der Waals surface area contributed by atoms with Gasteiger partial charge in [-0.3, -0.25) is 9.59 Å². The highest BCUT2D eigenvalue weighted by atomic mass is 16.5. The highest BCUT2D eigenvalue weighted by molar-refractivity contribution is 5.94. The van der Waals surface area contributed by atoms with E-state index in [0.717, 1.165) is 26.1 Å². The lowest BCUT2D eigenvalue weighted by atomic mass is 9.98. The second-order valence-electron chi connectivity index (χ2n) is 4.50. The van der Waals surface area contributed by atoms with Crippen LogP contribution >= 0.6 is 0 Å². The van der Waals surface area contributed by atoms with E-state index >= 15 is 0 Å². The lowest BCUT2D eigenvalue weighted by molar-refractivity contribution is -0.146. The zero-order chi connectivity index (χ0) is 11.5. The summed E-state index contributed by atoms with van der Waals surface area (Å²) in [5.74, 6) is 0.455. The quantitative estimate of drug-likeness (QED) is 0.707. The van der Waals surface area contributed by atoms with Gasteiger partial charge < -0.3 is 15.0 Å². The van der Waals surface area contributed by atoms with Crippen LogP contribution in [0.15, 0.2) is 0 Å². The molecule has 1 atom stereocenters. The molecule has 90 valence electrons. The van der Waals surface area contributed by atoms with Crippen LogP contribution in [-0.4, -0.2) is 49.1 Å². The molecule has 2 saturated heterocycles. The number of amides is 2. The first-order valence-electron chi connectivity index (χ1n) is 5.83. The Balaban J connectivity index is 1.95. The Morgan fingerprint density at radius 3 is 2.75 bits per heavy atom. The molecule has 0 aromatic heterocycles. The van der Waals surface area contributed by atoms with Gasteiger partial charge in [0, 0.05) is 19.8 Å². The SMILES string of the molecule is CC1C(=O)NCC(=O)N1CC1CCOCC1. The number of piperazine rings is 1. The maximum atomic E-state index is 11.7. The van der Waals surface area contributed by atoms with Crippen molar-refractivity contribution in [3.05, 3.63) is 0 Å². The Morgan fingerprint density at radius 2 is 2.06 bits per heavy atom. The third-order valence-corrected chi connectivity index (χ3v) is 3.38. The molecule has 5 heteroatoms. The Labute approximate surface area is 95.1 Å². The van der Waals surface area contributed by atoms with Gasteiger partial charge in [-0.05, 0) is 25.7 Å². The van der Waals surface area contributed by atoms with Crippen LogP contribution in [-0.2, 0) is 14.3 Å². The molecular weight excluding hydrogens is 208 g/mol. The highest BCUT2D eigenvalue weighted by Crippen LogP contribution is 2.18. The van der Waals surface area contributed by atoms with Gasteiger partial charge in [-0.15, -0.1) is 0 Å². The molecule has 2 fully saturated rings. The summed E-state index contributed by atoms with van der Waals surface area (Å²) in [5, 5.41) is 2.59. The van der Waals surface area contributed by atoms with Crippen molar-refractivity contribution >= 4 is 11.8 Å². The maximum absolute atomic E-state index is 11.7. The van der Waals surface area contributed by atoms with Gasteiger partial charge in [-0.25, -0.2) is 0 Å². The fourth-order valence-electron chi connectivity index (χ4n) is 2.24. The molecule has 0 bridgehead atoms. The lowest BCUT2D eigenvalue weighted by Crippen LogP contribution is -2.58. The summed E-state index contributed by atoms with van der Waals surface area (Å²) in [5.41, 5.74) is 0. The van der Waals surface area contributed by atoms with Crippen molar-refractivity contribution < 1.29 is 14.3 Å². The molecule has 0 spiro atoms. The Hall–Kier alpha value is -1.10. The smallest absolute Gasteiger partial charge is 0.242 e. The predicted octanol–water partition coefficient (Wildman–Crippen LogP) is -0.240. The third kappa shape index (κ3) is 2.35. The van der Waals surface area contributed by atoms with Crippen LogP contribution in [0.4, 0.5) is 0 Å². The number of ether oxygens (including phenoxy) is 1. The van der Waals surface area contributed by atoms with E-state index in [2.05, 4.69) is 5.32 Å². The third-order valence-electron chi connectivity index (χ3n) is 3.38. The van der Waals surface area contributed by atoms with Gasteiger partial charge in [0.25, 0.3) is 0 Å². The molecule has 2 aliphatic heterocycles. The van der Waals surface area contributed by atoms with Crippen molar-refractivity contribution in [2.24, 2.45) is 5.92 Å². The zero-order valence-electron chi connectivity index (χ0n) is 9.57. The molecule has 0 aliphatic carbocycles. The molecule has 2 rings (SSSR count). The number of carbonyl (C=O) groups is 2. The van der Waals surface area contributed by atoms with Gasteiger partial charge >= 0.3 is 0 Å². The van der Waals surface area contributed by atoms with Crippen molar-refractivity contribution in [1.82, 2.24) is 10.2 Å². The van der Waals surface area contributed by atoms with E-state index in [1.165, 1.54) is 0 Å². The van der Waals surface area contributed by atoms with E-state index in [1.54, 1.807) is 11.8 Å². The van der Waals surface area contributed by atoms with E-state index in [0.29, 0.717) is 12.5 Å². The first-order chi connectivity index (χ1) is 7.68. The Bertz CT molecular complexity index is 287. The molecular formula is C11H18N2O3. The molecule has 0 aromatic rings. The number of hydrogen-bond acceptors (Lipinski definition) is 3. The molecule has 0 saturated carbocycles. The summed E-state index contributed by atoms with van der Waals surface area (Å²) in [6.07, 6.45) is 1.97. The molecule has 1 N–H and O–H groups in total. The molecule has 2 aliphatic rings. The predicted molar refractivity (Wildman–Crippen MR) is 57.7 cm³/mol. The minimum Gasteiger partial charge on any atom is -0.381 e. The Morgan fingerprint density at radius 1 is 1.38 bits per heavy atom. The highest BCUT2D eigenvalue weighted by Gasteiger charge is 2.32. The lowest BCUT2D eigenvalue weighted by Gasteiger charge is -2.36. The van der Waals surface area contributed by atoms with E-state index in [1.807, 2.05) is 0 Å². The molecule has 1 unspecified atom stereocenters. The molecule has 0 radical (unpaired) electrons. The molecule has 2 heterocycles. The summed E-state index contributed by atoms with van der Waals surface area (Å²) in [6.45, 7) is 4.16. The summed E-state index contributed by atoms with van der Waals surface area (Å²) < 4.78 is 5.28. The van der Waals surface area contributed by atoms with Crippen LogP contribution in [0.1, 0.15) is 19.8 Å². The Kier molecular flexibility index (Phi) is 3.43. The van der Waals surface area contributed by atoms with E-state index in [-0.39, 0.29) is 24.4 Å². The zero-order valence-corrected chi connectivity index (χ0v) is 9.57. The second-order valence-corrected chi connectivity index (χ2v) is 4.50. The van der Waals surface area contributed by atoms with Gasteiger partial charge in [0.05, 0.1) is 6.54 Å². The van der Waals surface area contributed by atoms with Gasteiger partial charge in [0.2, 0.25) is 11.8 Å². The first-order valence-corrected chi connectivity index (χ1v) is 5.83. The number of carbonyl (C=O) groups excluding carboxylic acids is 2. The normalized spacial score (nSPS) is 28.1. The van der Waals surface area contributed by atoms with Crippen LogP contribution in [0.25, 0.3) is 0 Å². The second kappa shape index (κ2) is 4.82. The van der Waals surface area contributed by atoms with Crippen LogP contribution in [0.3, 0.4) is 0 Å². The van der Waals surface area contributed by atoms with Crippen molar-refractivity contribution in [3.8, 4) is 0 Å². The van der Waals surface area contributed by atoms with Crippen molar-refractivity contribution in [2.45, 2.75) is 25.8 Å².